The maximum Gasteiger partial charge on any atom is 0.332 e. The number of hydrogen-bond donors (Lipinski definition) is 2. The topological polar surface area (TPSA) is 100 Å². The highest BCUT2D eigenvalue weighted by Gasteiger charge is 2.49. The average Bonchev–Trinajstić information content (AvgIpc) is 2.90. The van der Waals surface area contributed by atoms with E-state index in [4.69, 9.17) is 9.47 Å². The van der Waals surface area contributed by atoms with E-state index in [2.05, 4.69) is 10.6 Å². The summed E-state index contributed by atoms with van der Waals surface area (Å²) < 4.78 is 10.5. The lowest BCUT2D eigenvalue weighted by Gasteiger charge is -2.32. The Hall–Kier alpha value is -2.97. The van der Waals surface area contributed by atoms with E-state index in [1.807, 2.05) is 13.8 Å². The fourth-order valence-electron chi connectivity index (χ4n) is 3.58. The van der Waals surface area contributed by atoms with Crippen molar-refractivity contribution in [3.8, 4) is 11.5 Å². The van der Waals surface area contributed by atoms with Crippen LogP contribution in [0.15, 0.2) is 18.2 Å². The van der Waals surface area contributed by atoms with Gasteiger partial charge in [0.15, 0.2) is 0 Å². The first-order chi connectivity index (χ1) is 13.3. The molecule has 2 N–H and O–H groups in total. The third kappa shape index (κ3) is 3.83. The van der Waals surface area contributed by atoms with Crippen molar-refractivity contribution in [1.82, 2.24) is 15.5 Å². The van der Waals surface area contributed by atoms with Gasteiger partial charge in [0.1, 0.15) is 17.5 Å². The number of rotatable bonds is 5. The molecule has 0 bridgehead atoms. The lowest BCUT2D eigenvalue weighted by Crippen LogP contribution is -2.52. The number of nitrogens with one attached hydrogen (secondary N) is 2. The van der Waals surface area contributed by atoms with Gasteiger partial charge >= 0.3 is 12.1 Å². The van der Waals surface area contributed by atoms with Crippen molar-refractivity contribution < 1.29 is 23.9 Å². The van der Waals surface area contributed by atoms with Crippen LogP contribution in [0.4, 0.5) is 15.3 Å². The molecule has 1 aromatic carbocycles. The van der Waals surface area contributed by atoms with Crippen molar-refractivity contribution in [2.24, 2.45) is 0 Å². The molecule has 9 heteroatoms. The van der Waals surface area contributed by atoms with Gasteiger partial charge in [0, 0.05) is 36.8 Å². The van der Waals surface area contributed by atoms with Gasteiger partial charge in [-0.05, 0) is 26.7 Å². The number of carbonyl (C=O) groups is 3. The monoisotopic (exact) mass is 390 g/mol. The molecule has 9 nitrogen and oxygen atoms in total. The highest BCUT2D eigenvalue weighted by atomic mass is 16.5. The number of benzene rings is 1. The van der Waals surface area contributed by atoms with E-state index >= 15 is 0 Å². The van der Waals surface area contributed by atoms with Crippen LogP contribution in [0.5, 0.6) is 11.5 Å². The van der Waals surface area contributed by atoms with Crippen LogP contribution >= 0.6 is 0 Å². The zero-order valence-electron chi connectivity index (χ0n) is 16.5. The zero-order valence-corrected chi connectivity index (χ0v) is 16.5. The summed E-state index contributed by atoms with van der Waals surface area (Å²) in [6.07, 6.45) is 0.976. The van der Waals surface area contributed by atoms with E-state index < -0.39 is 6.04 Å². The molecule has 5 amide bonds. The van der Waals surface area contributed by atoms with E-state index in [1.165, 1.54) is 14.2 Å². The normalized spacial score (nSPS) is 21.6. The molecule has 2 aliphatic heterocycles. The molecule has 28 heavy (non-hydrogen) atoms. The lowest BCUT2D eigenvalue weighted by molar-refractivity contribution is -0.120. The third-order valence-corrected chi connectivity index (χ3v) is 4.89. The molecular formula is C19H26N4O5. The molecule has 0 aromatic heterocycles. The molecule has 2 atom stereocenters. The summed E-state index contributed by atoms with van der Waals surface area (Å²) in [6, 6.07) is 3.56. The SMILES string of the molecule is COc1cc(OC)cc(N2C(=O)[C@@H]3C[C@H](NC(=O)NC(C)C)CCN3C2=O)c1. The van der Waals surface area contributed by atoms with Crippen LogP contribution in [0.2, 0.25) is 0 Å². The molecule has 2 saturated heterocycles. The van der Waals surface area contributed by atoms with E-state index in [9.17, 15) is 14.4 Å². The maximum atomic E-state index is 13.0. The lowest BCUT2D eigenvalue weighted by atomic mass is 9.98. The number of anilines is 1. The summed E-state index contributed by atoms with van der Waals surface area (Å²) in [4.78, 5) is 40.6. The molecule has 2 fully saturated rings. The van der Waals surface area contributed by atoms with Gasteiger partial charge in [-0.3, -0.25) is 4.79 Å². The molecule has 0 aliphatic carbocycles. The van der Waals surface area contributed by atoms with Crippen molar-refractivity contribution in [1.29, 1.82) is 0 Å². The Morgan fingerprint density at radius 1 is 1.14 bits per heavy atom. The highest BCUT2D eigenvalue weighted by Crippen LogP contribution is 2.35. The second-order valence-electron chi connectivity index (χ2n) is 7.23. The number of amides is 5. The number of urea groups is 2. The van der Waals surface area contributed by atoms with E-state index in [0.717, 1.165) is 4.90 Å². The van der Waals surface area contributed by atoms with Gasteiger partial charge in [-0.2, -0.15) is 0 Å². The number of imide groups is 1. The van der Waals surface area contributed by atoms with Crippen LogP contribution in [0.1, 0.15) is 26.7 Å². The predicted molar refractivity (Wildman–Crippen MR) is 103 cm³/mol. The van der Waals surface area contributed by atoms with Gasteiger partial charge in [0.2, 0.25) is 0 Å². The first-order valence-corrected chi connectivity index (χ1v) is 9.28. The molecular weight excluding hydrogens is 364 g/mol. The van der Waals surface area contributed by atoms with Crippen molar-refractivity contribution >= 4 is 23.7 Å². The second kappa shape index (κ2) is 7.95. The van der Waals surface area contributed by atoms with Gasteiger partial charge in [0.25, 0.3) is 5.91 Å². The Kier molecular flexibility index (Phi) is 5.62. The van der Waals surface area contributed by atoms with Crippen LogP contribution in [-0.2, 0) is 4.79 Å². The van der Waals surface area contributed by atoms with Crippen molar-refractivity contribution in [3.63, 3.8) is 0 Å². The number of hydrogen-bond acceptors (Lipinski definition) is 5. The first-order valence-electron chi connectivity index (χ1n) is 9.28. The molecule has 2 aliphatic rings. The summed E-state index contributed by atoms with van der Waals surface area (Å²) in [5.74, 6) is 0.672. The van der Waals surface area contributed by atoms with Gasteiger partial charge < -0.3 is 25.0 Å². The molecule has 1 aromatic rings. The number of fused-ring (bicyclic) bond motifs is 1. The van der Waals surface area contributed by atoms with E-state index in [0.29, 0.717) is 36.6 Å². The predicted octanol–water partition coefficient (Wildman–Crippen LogP) is 1.71. The Morgan fingerprint density at radius 2 is 1.79 bits per heavy atom. The Morgan fingerprint density at radius 3 is 2.36 bits per heavy atom. The molecule has 2 heterocycles. The van der Waals surface area contributed by atoms with Gasteiger partial charge in [0.05, 0.1) is 19.9 Å². The Labute approximate surface area is 163 Å². The van der Waals surface area contributed by atoms with E-state index in [-0.39, 0.29) is 30.1 Å². The average molecular weight is 390 g/mol. The van der Waals surface area contributed by atoms with Gasteiger partial charge in [-0.15, -0.1) is 0 Å². The molecule has 0 saturated carbocycles. The summed E-state index contributed by atoms with van der Waals surface area (Å²) in [5, 5.41) is 5.67. The second-order valence-corrected chi connectivity index (χ2v) is 7.23. The molecule has 0 spiro atoms. The van der Waals surface area contributed by atoms with Crippen LogP contribution in [-0.4, -0.2) is 61.8 Å². The Bertz CT molecular complexity index is 759. The number of piperidine rings is 1. The highest BCUT2D eigenvalue weighted by molar-refractivity contribution is 6.21. The summed E-state index contributed by atoms with van der Waals surface area (Å²) in [7, 11) is 3.02. The van der Waals surface area contributed by atoms with Gasteiger partial charge in [-0.1, -0.05) is 0 Å². The number of ether oxygens (including phenoxy) is 2. The molecule has 152 valence electrons. The van der Waals surface area contributed by atoms with Crippen molar-refractivity contribution in [2.45, 2.75) is 44.8 Å². The van der Waals surface area contributed by atoms with Crippen LogP contribution < -0.4 is 25.0 Å². The number of carbonyl (C=O) groups excluding carboxylic acids is 3. The van der Waals surface area contributed by atoms with Crippen LogP contribution in [0.25, 0.3) is 0 Å². The van der Waals surface area contributed by atoms with Crippen molar-refractivity contribution in [2.75, 3.05) is 25.7 Å². The van der Waals surface area contributed by atoms with Crippen LogP contribution in [0, 0.1) is 0 Å². The number of nitrogens with zero attached hydrogens (tertiary/aromatic N) is 2. The smallest absolute Gasteiger partial charge is 0.332 e. The quantitative estimate of drug-likeness (QED) is 0.746. The number of methoxy groups -OCH3 is 2. The molecule has 0 radical (unpaired) electrons. The van der Waals surface area contributed by atoms with Crippen LogP contribution in [0.3, 0.4) is 0 Å². The zero-order chi connectivity index (χ0) is 20.4. The molecule has 0 unspecified atom stereocenters. The largest absolute Gasteiger partial charge is 0.497 e. The summed E-state index contributed by atoms with van der Waals surface area (Å²) in [6.45, 7) is 4.16. The Balaban J connectivity index is 1.78. The van der Waals surface area contributed by atoms with Crippen molar-refractivity contribution in [3.05, 3.63) is 18.2 Å². The summed E-state index contributed by atoms with van der Waals surface area (Å²) in [5.41, 5.74) is 0.405. The fraction of sp³-hybridized carbons (Fsp3) is 0.526. The van der Waals surface area contributed by atoms with Gasteiger partial charge in [-0.25, -0.2) is 14.5 Å². The maximum absolute atomic E-state index is 13.0. The fourth-order valence-corrected chi connectivity index (χ4v) is 3.58. The minimum absolute atomic E-state index is 0.0216. The minimum Gasteiger partial charge on any atom is -0.497 e. The standard InChI is InChI=1S/C19H26N4O5/c1-11(2)20-18(25)21-12-5-6-22-16(7-12)17(24)23(19(22)26)13-8-14(27-3)10-15(9-13)28-4/h8-12,16H,5-7H2,1-4H3,(H2,20,21,25)/t12-,16+/m1/s1. The molecule has 3 rings (SSSR count). The minimum atomic E-state index is -0.595. The third-order valence-electron chi connectivity index (χ3n) is 4.89. The summed E-state index contributed by atoms with van der Waals surface area (Å²) >= 11 is 0. The first kappa shape index (κ1) is 19.8. The van der Waals surface area contributed by atoms with E-state index in [1.54, 1.807) is 23.1 Å².